The summed E-state index contributed by atoms with van der Waals surface area (Å²) in [5, 5.41) is 0. The molecule has 0 saturated carbocycles. The van der Waals surface area contributed by atoms with Crippen LogP contribution in [0, 0.1) is 6.92 Å². The second kappa shape index (κ2) is 8.65. The molecular formula is C21H29N3O. The van der Waals surface area contributed by atoms with E-state index < -0.39 is 0 Å². The van der Waals surface area contributed by atoms with Gasteiger partial charge in [0.2, 0.25) is 0 Å². The van der Waals surface area contributed by atoms with Gasteiger partial charge in [0.15, 0.2) is 0 Å². The summed E-state index contributed by atoms with van der Waals surface area (Å²) in [6.07, 6.45) is 1.67. The third-order valence-corrected chi connectivity index (χ3v) is 4.44. The summed E-state index contributed by atoms with van der Waals surface area (Å²) in [7, 11) is 0. The van der Waals surface area contributed by atoms with Gasteiger partial charge in [0.05, 0.1) is 0 Å². The second-order valence-electron chi connectivity index (χ2n) is 6.37. The van der Waals surface area contributed by atoms with Crippen LogP contribution in [0.25, 0.3) is 0 Å². The second-order valence-corrected chi connectivity index (χ2v) is 6.37. The average Bonchev–Trinajstić information content (AvgIpc) is 2.64. The van der Waals surface area contributed by atoms with E-state index in [4.69, 9.17) is 0 Å². The SMILES string of the molecule is CC.Cc1ccc(N2CC(C)N(C(=O)c3ccccn3)C(C)C2)cc1. The van der Waals surface area contributed by atoms with Gasteiger partial charge in [0.1, 0.15) is 5.69 Å². The highest BCUT2D eigenvalue weighted by molar-refractivity contribution is 5.92. The fraction of sp³-hybridized carbons (Fsp3) is 0.429. The van der Waals surface area contributed by atoms with E-state index in [1.165, 1.54) is 11.3 Å². The number of anilines is 1. The van der Waals surface area contributed by atoms with E-state index in [-0.39, 0.29) is 18.0 Å². The van der Waals surface area contributed by atoms with Crippen LogP contribution in [0.3, 0.4) is 0 Å². The lowest BCUT2D eigenvalue weighted by molar-refractivity contribution is 0.0568. The largest absolute Gasteiger partial charge is 0.367 e. The fourth-order valence-electron chi connectivity index (χ4n) is 3.31. The standard InChI is InChI=1S/C19H23N3O.C2H6/c1-14-7-9-17(10-8-14)21-12-15(2)22(16(3)13-21)19(23)18-6-4-5-11-20-18;1-2/h4-11,15-16H,12-13H2,1-3H3;1-2H3. The first kappa shape index (κ1) is 19.0. The van der Waals surface area contributed by atoms with Gasteiger partial charge in [0.25, 0.3) is 5.91 Å². The lowest BCUT2D eigenvalue weighted by Crippen LogP contribution is -2.58. The van der Waals surface area contributed by atoms with E-state index in [1.807, 2.05) is 30.9 Å². The summed E-state index contributed by atoms with van der Waals surface area (Å²) in [5.41, 5.74) is 3.01. The van der Waals surface area contributed by atoms with Gasteiger partial charge in [-0.1, -0.05) is 37.6 Å². The molecule has 25 heavy (non-hydrogen) atoms. The molecule has 1 aliphatic rings. The van der Waals surface area contributed by atoms with Crippen LogP contribution in [0.1, 0.15) is 43.7 Å². The molecule has 0 radical (unpaired) electrons. The van der Waals surface area contributed by atoms with Crippen LogP contribution in [0.15, 0.2) is 48.7 Å². The highest BCUT2D eigenvalue weighted by Gasteiger charge is 2.33. The van der Waals surface area contributed by atoms with Gasteiger partial charge in [-0.3, -0.25) is 9.78 Å². The van der Waals surface area contributed by atoms with Crippen LogP contribution in [0.4, 0.5) is 5.69 Å². The van der Waals surface area contributed by atoms with E-state index in [2.05, 4.69) is 54.9 Å². The van der Waals surface area contributed by atoms with E-state index in [0.29, 0.717) is 5.69 Å². The zero-order chi connectivity index (χ0) is 18.4. The number of pyridine rings is 1. The summed E-state index contributed by atoms with van der Waals surface area (Å²) in [6.45, 7) is 12.0. The van der Waals surface area contributed by atoms with Gasteiger partial charge in [-0.05, 0) is 45.0 Å². The number of amides is 1. The topological polar surface area (TPSA) is 36.4 Å². The highest BCUT2D eigenvalue weighted by atomic mass is 16.2. The van der Waals surface area contributed by atoms with Crippen LogP contribution in [-0.4, -0.2) is 41.0 Å². The molecule has 1 saturated heterocycles. The maximum absolute atomic E-state index is 12.8. The van der Waals surface area contributed by atoms with Gasteiger partial charge in [-0.25, -0.2) is 0 Å². The van der Waals surface area contributed by atoms with E-state index >= 15 is 0 Å². The van der Waals surface area contributed by atoms with Crippen molar-refractivity contribution in [3.8, 4) is 0 Å². The highest BCUT2D eigenvalue weighted by Crippen LogP contribution is 2.24. The van der Waals surface area contributed by atoms with Crippen LogP contribution in [0.2, 0.25) is 0 Å². The van der Waals surface area contributed by atoms with Crippen LogP contribution in [0.5, 0.6) is 0 Å². The van der Waals surface area contributed by atoms with E-state index in [1.54, 1.807) is 12.3 Å². The molecule has 2 unspecified atom stereocenters. The van der Waals surface area contributed by atoms with Crippen molar-refractivity contribution in [3.05, 3.63) is 59.9 Å². The Morgan fingerprint density at radius 1 is 1.00 bits per heavy atom. The fourth-order valence-corrected chi connectivity index (χ4v) is 3.31. The Hall–Kier alpha value is -2.36. The summed E-state index contributed by atoms with van der Waals surface area (Å²) in [4.78, 5) is 21.3. The number of hydrogen-bond donors (Lipinski definition) is 0. The van der Waals surface area contributed by atoms with Crippen molar-refractivity contribution in [1.82, 2.24) is 9.88 Å². The lowest BCUT2D eigenvalue weighted by Gasteiger charge is -2.45. The molecule has 0 N–H and O–H groups in total. The first-order valence-corrected chi connectivity index (χ1v) is 9.11. The van der Waals surface area contributed by atoms with Crippen molar-refractivity contribution < 1.29 is 4.79 Å². The molecule has 1 aliphatic heterocycles. The Morgan fingerprint density at radius 2 is 1.60 bits per heavy atom. The third-order valence-electron chi connectivity index (χ3n) is 4.44. The number of rotatable bonds is 2. The molecule has 1 aromatic heterocycles. The van der Waals surface area contributed by atoms with Gasteiger partial charge in [-0.15, -0.1) is 0 Å². The first-order valence-electron chi connectivity index (χ1n) is 9.11. The van der Waals surface area contributed by atoms with Crippen LogP contribution >= 0.6 is 0 Å². The van der Waals surface area contributed by atoms with Gasteiger partial charge < -0.3 is 9.80 Å². The Morgan fingerprint density at radius 3 is 2.12 bits per heavy atom. The molecule has 1 amide bonds. The molecule has 2 atom stereocenters. The summed E-state index contributed by atoms with van der Waals surface area (Å²) < 4.78 is 0. The Balaban J connectivity index is 0.00000109. The smallest absolute Gasteiger partial charge is 0.273 e. The maximum Gasteiger partial charge on any atom is 0.273 e. The number of hydrogen-bond acceptors (Lipinski definition) is 3. The van der Waals surface area contributed by atoms with Crippen LogP contribution in [-0.2, 0) is 0 Å². The molecular weight excluding hydrogens is 310 g/mol. The average molecular weight is 339 g/mol. The number of carbonyl (C=O) groups is 1. The molecule has 4 nitrogen and oxygen atoms in total. The molecule has 1 fully saturated rings. The number of benzene rings is 1. The van der Waals surface area contributed by atoms with E-state index in [0.717, 1.165) is 13.1 Å². The minimum Gasteiger partial charge on any atom is -0.367 e. The lowest BCUT2D eigenvalue weighted by atomic mass is 10.1. The van der Waals surface area contributed by atoms with E-state index in [9.17, 15) is 4.79 Å². The quantitative estimate of drug-likeness (QED) is 0.824. The monoisotopic (exact) mass is 339 g/mol. The molecule has 2 aromatic rings. The predicted molar refractivity (Wildman–Crippen MR) is 104 cm³/mol. The molecule has 2 heterocycles. The minimum absolute atomic E-state index is 0.0224. The zero-order valence-corrected chi connectivity index (χ0v) is 15.9. The van der Waals surface area contributed by atoms with Crippen molar-refractivity contribution in [2.45, 2.75) is 46.7 Å². The Labute approximate surface area is 151 Å². The van der Waals surface area contributed by atoms with Crippen molar-refractivity contribution in [1.29, 1.82) is 0 Å². The molecule has 1 aromatic carbocycles. The molecule has 0 aliphatic carbocycles. The van der Waals surface area contributed by atoms with Crippen molar-refractivity contribution >= 4 is 11.6 Å². The first-order chi connectivity index (χ1) is 12.1. The third kappa shape index (κ3) is 4.38. The Bertz CT molecular complexity index is 657. The number of nitrogens with zero attached hydrogens (tertiary/aromatic N) is 3. The predicted octanol–water partition coefficient (Wildman–Crippen LogP) is 4.16. The van der Waals surface area contributed by atoms with Gasteiger partial charge in [0, 0.05) is 37.1 Å². The molecule has 0 spiro atoms. The Kier molecular flexibility index (Phi) is 6.57. The zero-order valence-electron chi connectivity index (χ0n) is 15.9. The van der Waals surface area contributed by atoms with Crippen LogP contribution < -0.4 is 4.90 Å². The summed E-state index contributed by atoms with van der Waals surface area (Å²) >= 11 is 0. The van der Waals surface area contributed by atoms with Crippen molar-refractivity contribution in [3.63, 3.8) is 0 Å². The van der Waals surface area contributed by atoms with Gasteiger partial charge >= 0.3 is 0 Å². The number of aromatic nitrogens is 1. The molecule has 4 heteroatoms. The number of carbonyl (C=O) groups excluding carboxylic acids is 1. The summed E-state index contributed by atoms with van der Waals surface area (Å²) in [5.74, 6) is 0.0224. The van der Waals surface area contributed by atoms with Crippen molar-refractivity contribution in [2.75, 3.05) is 18.0 Å². The molecule has 134 valence electrons. The summed E-state index contributed by atoms with van der Waals surface area (Å²) in [6, 6.07) is 14.4. The maximum atomic E-state index is 12.8. The number of piperazine rings is 1. The normalized spacial score (nSPS) is 19.9. The molecule has 3 rings (SSSR count). The molecule has 0 bridgehead atoms. The minimum atomic E-state index is 0.0224. The number of aryl methyl sites for hydroxylation is 1. The van der Waals surface area contributed by atoms with Gasteiger partial charge in [-0.2, -0.15) is 0 Å². The van der Waals surface area contributed by atoms with Crippen molar-refractivity contribution in [2.24, 2.45) is 0 Å².